The number of rotatable bonds is 21. The fraction of sp³-hybridized carbons (Fsp3) is 0.690. The van der Waals surface area contributed by atoms with Gasteiger partial charge in [0.15, 0.2) is 0 Å². The van der Waals surface area contributed by atoms with Crippen molar-refractivity contribution < 1.29 is 28.7 Å². The highest BCUT2D eigenvalue weighted by Gasteiger charge is 2.43. The van der Waals surface area contributed by atoms with Crippen LogP contribution in [-0.2, 0) is 35.1 Å². The summed E-state index contributed by atoms with van der Waals surface area (Å²) in [6.45, 7) is 14.3. The van der Waals surface area contributed by atoms with E-state index in [1.165, 1.54) is 11.3 Å². The molecule has 2 heterocycles. The van der Waals surface area contributed by atoms with Crippen LogP contribution in [0, 0.1) is 23.7 Å². The summed E-state index contributed by atoms with van der Waals surface area (Å²) in [6.07, 6.45) is 3.49. The Kier molecular flexibility index (Phi) is 18.2. The largest absolute Gasteiger partial charge is 0.379 e. The molecule has 4 amide bonds. The Morgan fingerprint density at radius 2 is 1.62 bits per heavy atom. The average Bonchev–Trinajstić information content (AvgIpc) is 3.87. The first-order valence-corrected chi connectivity index (χ1v) is 20.8. The molecular formula is C42H68N6O6S. The molecule has 0 aliphatic carbocycles. The number of nitrogens with zero attached hydrogens (tertiary/aromatic N) is 4. The predicted octanol–water partition coefficient (Wildman–Crippen LogP) is 5.19. The van der Waals surface area contributed by atoms with Crippen molar-refractivity contribution in [2.24, 2.45) is 23.7 Å². The highest BCUT2D eigenvalue weighted by atomic mass is 32.1. The fourth-order valence-corrected chi connectivity index (χ4v) is 8.86. The van der Waals surface area contributed by atoms with Gasteiger partial charge in [0.1, 0.15) is 11.0 Å². The van der Waals surface area contributed by atoms with Gasteiger partial charge in [-0.05, 0) is 56.7 Å². The highest BCUT2D eigenvalue weighted by molar-refractivity contribution is 7.09. The van der Waals surface area contributed by atoms with Crippen LogP contribution in [-0.4, -0.2) is 122 Å². The zero-order valence-corrected chi connectivity index (χ0v) is 36.1. The normalized spacial score (nSPS) is 19.0. The van der Waals surface area contributed by atoms with E-state index in [0.717, 1.165) is 23.4 Å². The Hall–Kier alpha value is -3.39. The van der Waals surface area contributed by atoms with Crippen LogP contribution in [0.2, 0.25) is 0 Å². The number of likely N-dealkylation sites (N-methyl/N-ethyl adjacent to an activating group) is 2. The van der Waals surface area contributed by atoms with Crippen LogP contribution in [0.1, 0.15) is 90.8 Å². The molecule has 2 N–H and O–H groups in total. The molecule has 1 saturated heterocycles. The first-order valence-electron chi connectivity index (χ1n) is 19.9. The van der Waals surface area contributed by atoms with E-state index in [1.807, 2.05) is 94.2 Å². The topological polar surface area (TPSA) is 133 Å². The molecule has 0 bridgehead atoms. The monoisotopic (exact) mass is 784 g/mol. The summed E-state index contributed by atoms with van der Waals surface area (Å²) in [5, 5.41) is 9.02. The number of benzene rings is 1. The minimum absolute atomic E-state index is 0.00751. The number of likely N-dealkylation sites (tertiary alicyclic amines) is 1. The number of methoxy groups -OCH3 is 2. The van der Waals surface area contributed by atoms with Crippen molar-refractivity contribution in [2.45, 2.75) is 123 Å². The molecule has 0 spiro atoms. The van der Waals surface area contributed by atoms with Crippen LogP contribution in [0.4, 0.5) is 0 Å². The second-order valence-electron chi connectivity index (χ2n) is 16.1. The van der Waals surface area contributed by atoms with Gasteiger partial charge in [-0.2, -0.15) is 0 Å². The number of nitrogens with one attached hydrogen (secondary N) is 2. The SMILES string of the molecule is CC[C@@H](C)[C@@H]([C@H](CC(=O)N1CCC[C@H]1[C@H](OC)[C@@H](C)C(=O)N[C@@H](Cc1ccccc1)c1nccs1)OC)N(C)C(=O)[C@@H](NC(=O)[C@H](C(C)C)N(C)C)C(C)C. The Balaban J connectivity index is 1.79. The number of aromatic nitrogens is 1. The van der Waals surface area contributed by atoms with Crippen molar-refractivity contribution in [1.82, 2.24) is 30.3 Å². The van der Waals surface area contributed by atoms with Gasteiger partial charge in [-0.25, -0.2) is 4.98 Å². The Morgan fingerprint density at radius 1 is 0.945 bits per heavy atom. The Labute approximate surface area is 334 Å². The van der Waals surface area contributed by atoms with Crippen molar-refractivity contribution in [3.8, 4) is 0 Å². The highest BCUT2D eigenvalue weighted by Crippen LogP contribution is 2.30. The van der Waals surface area contributed by atoms with Crippen LogP contribution in [0.5, 0.6) is 0 Å². The molecule has 0 saturated carbocycles. The number of carbonyl (C=O) groups excluding carboxylic acids is 4. The first-order chi connectivity index (χ1) is 26.1. The third kappa shape index (κ3) is 12.1. The van der Waals surface area contributed by atoms with E-state index in [0.29, 0.717) is 19.4 Å². The standard InChI is InChI=1S/C42H68N6O6S/c1-13-28(6)37(47(10)42(52)35(26(2)3)45-40(51)36(27(4)5)46(8)9)33(53-11)25-34(49)48-22-17-20-32(48)38(54-12)29(7)39(50)44-31(41-43-21-23-55-41)24-30-18-15-14-16-19-30/h14-16,18-19,21,23,26-29,31-33,35-38H,13,17,20,22,24-25H2,1-12H3,(H,44,50)(H,45,51)/t28-,29-,31+,32+,33+,35+,36+,37+,38-/m1/s1. The number of thiazole rings is 1. The lowest BCUT2D eigenvalue weighted by Crippen LogP contribution is -2.59. The summed E-state index contributed by atoms with van der Waals surface area (Å²) >= 11 is 1.51. The lowest BCUT2D eigenvalue weighted by molar-refractivity contribution is -0.148. The number of ether oxygens (including phenoxy) is 2. The van der Waals surface area contributed by atoms with E-state index in [1.54, 1.807) is 32.4 Å². The van der Waals surface area contributed by atoms with Gasteiger partial charge >= 0.3 is 0 Å². The number of hydrogen-bond acceptors (Lipinski definition) is 9. The van der Waals surface area contributed by atoms with Crippen molar-refractivity contribution in [2.75, 3.05) is 41.9 Å². The summed E-state index contributed by atoms with van der Waals surface area (Å²) in [5.74, 6) is -1.35. The van der Waals surface area contributed by atoms with Gasteiger partial charge < -0.3 is 29.9 Å². The maximum atomic E-state index is 14.3. The molecular weight excluding hydrogens is 717 g/mol. The molecule has 12 nitrogen and oxygen atoms in total. The molecule has 13 heteroatoms. The minimum Gasteiger partial charge on any atom is -0.379 e. The van der Waals surface area contributed by atoms with Crippen LogP contribution in [0.3, 0.4) is 0 Å². The van der Waals surface area contributed by atoms with Gasteiger partial charge in [-0.3, -0.25) is 24.1 Å². The third-order valence-electron chi connectivity index (χ3n) is 11.3. The first kappa shape index (κ1) is 46.0. The second kappa shape index (κ2) is 21.8. The molecule has 0 unspecified atom stereocenters. The maximum absolute atomic E-state index is 14.3. The number of carbonyl (C=O) groups is 4. The van der Waals surface area contributed by atoms with Gasteiger partial charge in [0.05, 0.1) is 48.7 Å². The lowest BCUT2D eigenvalue weighted by Gasteiger charge is -2.41. The predicted molar refractivity (Wildman–Crippen MR) is 218 cm³/mol. The number of amides is 4. The molecule has 1 aromatic carbocycles. The van der Waals surface area contributed by atoms with Gasteiger partial charge in [0.2, 0.25) is 23.6 Å². The molecule has 9 atom stereocenters. The van der Waals surface area contributed by atoms with E-state index in [4.69, 9.17) is 9.47 Å². The second-order valence-corrected chi connectivity index (χ2v) is 17.0. The molecule has 3 rings (SSSR count). The van der Waals surface area contributed by atoms with E-state index in [9.17, 15) is 19.2 Å². The lowest BCUT2D eigenvalue weighted by atomic mass is 9.89. The minimum atomic E-state index is -0.751. The maximum Gasteiger partial charge on any atom is 0.245 e. The van der Waals surface area contributed by atoms with Crippen molar-refractivity contribution >= 4 is 35.0 Å². The summed E-state index contributed by atoms with van der Waals surface area (Å²) in [7, 11) is 8.66. The van der Waals surface area contributed by atoms with Crippen molar-refractivity contribution in [1.29, 1.82) is 0 Å². The third-order valence-corrected chi connectivity index (χ3v) is 12.2. The van der Waals surface area contributed by atoms with Gasteiger partial charge in [-0.15, -0.1) is 11.3 Å². The smallest absolute Gasteiger partial charge is 0.245 e. The molecule has 1 aliphatic heterocycles. The Morgan fingerprint density at radius 3 is 2.15 bits per heavy atom. The van der Waals surface area contributed by atoms with Crippen LogP contribution < -0.4 is 10.6 Å². The van der Waals surface area contributed by atoms with E-state index < -0.39 is 30.2 Å². The quantitative estimate of drug-likeness (QED) is 0.177. The van der Waals surface area contributed by atoms with Gasteiger partial charge in [0.25, 0.3) is 0 Å². The van der Waals surface area contributed by atoms with Gasteiger partial charge in [0, 0.05) is 39.4 Å². The van der Waals surface area contributed by atoms with Crippen LogP contribution >= 0.6 is 11.3 Å². The summed E-state index contributed by atoms with van der Waals surface area (Å²) < 4.78 is 12.1. The zero-order valence-electron chi connectivity index (χ0n) is 35.3. The summed E-state index contributed by atoms with van der Waals surface area (Å²) in [5.41, 5.74) is 1.09. The van der Waals surface area contributed by atoms with Crippen molar-refractivity contribution in [3.05, 3.63) is 52.5 Å². The zero-order chi connectivity index (χ0) is 41.0. The fourth-order valence-electron chi connectivity index (χ4n) is 8.17. The van der Waals surface area contributed by atoms with Crippen LogP contribution in [0.15, 0.2) is 41.9 Å². The molecule has 308 valence electrons. The van der Waals surface area contributed by atoms with Crippen molar-refractivity contribution in [3.63, 3.8) is 0 Å². The van der Waals surface area contributed by atoms with Crippen LogP contribution in [0.25, 0.3) is 0 Å². The molecule has 55 heavy (non-hydrogen) atoms. The van der Waals surface area contributed by atoms with E-state index >= 15 is 0 Å². The Bertz CT molecular complexity index is 1480. The molecule has 1 fully saturated rings. The molecule has 1 aromatic heterocycles. The molecule has 0 radical (unpaired) electrons. The molecule has 2 aromatic rings. The molecule has 1 aliphatic rings. The summed E-state index contributed by atoms with van der Waals surface area (Å²) in [6, 6.07) is 7.83. The summed E-state index contributed by atoms with van der Waals surface area (Å²) in [4.78, 5) is 65.8. The average molecular weight is 785 g/mol. The van der Waals surface area contributed by atoms with E-state index in [2.05, 4.69) is 29.5 Å². The van der Waals surface area contributed by atoms with E-state index in [-0.39, 0.29) is 65.9 Å². The van der Waals surface area contributed by atoms with Gasteiger partial charge in [-0.1, -0.05) is 85.2 Å². The number of hydrogen-bond donors (Lipinski definition) is 2.